The summed E-state index contributed by atoms with van der Waals surface area (Å²) in [6.45, 7) is 4.50. The van der Waals surface area contributed by atoms with Gasteiger partial charge >= 0.3 is 0 Å². The molecule has 3 aromatic rings. The quantitative estimate of drug-likeness (QED) is 0.677. The number of nitrogens with zero attached hydrogens (tertiary/aromatic N) is 4. The molecule has 3 rings (SSSR count). The normalized spacial score (nSPS) is 11.0. The van der Waals surface area contributed by atoms with E-state index in [1.165, 1.54) is 5.56 Å². The van der Waals surface area contributed by atoms with Crippen LogP contribution in [0.1, 0.15) is 22.8 Å². The van der Waals surface area contributed by atoms with Gasteiger partial charge in [0, 0.05) is 11.4 Å². The highest BCUT2D eigenvalue weighted by Gasteiger charge is 2.09. The third kappa shape index (κ3) is 3.52. The molecule has 0 atom stereocenters. The third-order valence-corrected chi connectivity index (χ3v) is 3.93. The monoisotopic (exact) mass is 300 g/mol. The van der Waals surface area contributed by atoms with Gasteiger partial charge in [0.2, 0.25) is 5.89 Å². The van der Waals surface area contributed by atoms with Crippen LogP contribution in [-0.4, -0.2) is 20.0 Å². The molecule has 6 heteroatoms. The van der Waals surface area contributed by atoms with Gasteiger partial charge in [-0.1, -0.05) is 42.1 Å². The molecule has 0 N–H and O–H groups in total. The Kier molecular flexibility index (Phi) is 4.06. The Hall–Kier alpha value is -2.08. The third-order valence-electron chi connectivity index (χ3n) is 3.04. The summed E-state index contributed by atoms with van der Waals surface area (Å²) in [5.41, 5.74) is 3.32. The topological polar surface area (TPSA) is 56.7 Å². The molecule has 0 aliphatic rings. The molecule has 0 saturated heterocycles. The SMILES string of the molecule is Cc1cc(C)n(Cc2nnc(SCc3ccccc3)o2)n1. The van der Waals surface area contributed by atoms with Gasteiger partial charge in [0.25, 0.3) is 5.22 Å². The predicted octanol–water partition coefficient (Wildman–Crippen LogP) is 3.22. The molecule has 108 valence electrons. The van der Waals surface area contributed by atoms with Crippen LogP contribution in [0.3, 0.4) is 0 Å². The number of thioether (sulfide) groups is 1. The van der Waals surface area contributed by atoms with E-state index in [1.807, 2.05) is 42.8 Å². The van der Waals surface area contributed by atoms with E-state index >= 15 is 0 Å². The molecule has 2 aromatic heterocycles. The van der Waals surface area contributed by atoms with Crippen molar-refractivity contribution >= 4 is 11.8 Å². The van der Waals surface area contributed by atoms with Gasteiger partial charge < -0.3 is 4.42 Å². The minimum absolute atomic E-state index is 0.512. The zero-order valence-corrected chi connectivity index (χ0v) is 12.8. The van der Waals surface area contributed by atoms with Crippen LogP contribution in [0.4, 0.5) is 0 Å². The van der Waals surface area contributed by atoms with E-state index in [2.05, 4.69) is 27.4 Å². The van der Waals surface area contributed by atoms with Crippen LogP contribution < -0.4 is 0 Å². The Morgan fingerprint density at radius 2 is 1.95 bits per heavy atom. The van der Waals surface area contributed by atoms with E-state index in [4.69, 9.17) is 4.42 Å². The first-order chi connectivity index (χ1) is 10.2. The van der Waals surface area contributed by atoms with Crippen molar-refractivity contribution in [2.75, 3.05) is 0 Å². The largest absolute Gasteiger partial charge is 0.414 e. The molecule has 0 bridgehead atoms. The van der Waals surface area contributed by atoms with Crippen LogP contribution in [0, 0.1) is 13.8 Å². The lowest BCUT2D eigenvalue weighted by Gasteiger charge is -1.99. The molecular formula is C15H16N4OS. The number of hydrogen-bond donors (Lipinski definition) is 0. The predicted molar refractivity (Wildman–Crippen MR) is 81.1 cm³/mol. The molecule has 21 heavy (non-hydrogen) atoms. The molecule has 0 saturated carbocycles. The Morgan fingerprint density at radius 1 is 1.14 bits per heavy atom. The molecule has 0 amide bonds. The number of aromatic nitrogens is 4. The lowest BCUT2D eigenvalue weighted by Crippen LogP contribution is -2.04. The fourth-order valence-electron chi connectivity index (χ4n) is 2.04. The van der Waals surface area contributed by atoms with Crippen molar-refractivity contribution in [3.8, 4) is 0 Å². The molecule has 0 aliphatic carbocycles. The van der Waals surface area contributed by atoms with E-state index in [-0.39, 0.29) is 0 Å². The maximum absolute atomic E-state index is 5.65. The Labute approximate surface area is 127 Å². The summed E-state index contributed by atoms with van der Waals surface area (Å²) in [6, 6.07) is 12.3. The van der Waals surface area contributed by atoms with Gasteiger partial charge in [-0.3, -0.25) is 4.68 Å². The van der Waals surface area contributed by atoms with Crippen molar-refractivity contribution in [3.05, 3.63) is 59.2 Å². The van der Waals surface area contributed by atoms with Gasteiger partial charge in [-0.15, -0.1) is 10.2 Å². The van der Waals surface area contributed by atoms with Gasteiger partial charge in [0.1, 0.15) is 6.54 Å². The first-order valence-corrected chi connectivity index (χ1v) is 7.69. The van der Waals surface area contributed by atoms with Crippen LogP contribution in [0.15, 0.2) is 46.0 Å². The standard InChI is InChI=1S/C15H16N4OS/c1-11-8-12(2)19(18-11)9-14-16-17-15(20-14)21-10-13-6-4-3-5-7-13/h3-8H,9-10H2,1-2H3. The number of rotatable bonds is 5. The fraction of sp³-hybridized carbons (Fsp3) is 0.267. The van der Waals surface area contributed by atoms with Crippen LogP contribution in [0.5, 0.6) is 0 Å². The zero-order valence-electron chi connectivity index (χ0n) is 12.0. The first kappa shape index (κ1) is 13.9. The van der Waals surface area contributed by atoms with Crippen LogP contribution in [0.2, 0.25) is 0 Å². The van der Waals surface area contributed by atoms with E-state index in [9.17, 15) is 0 Å². The molecule has 0 spiro atoms. The van der Waals surface area contributed by atoms with Crippen molar-refractivity contribution < 1.29 is 4.42 Å². The smallest absolute Gasteiger partial charge is 0.276 e. The second kappa shape index (κ2) is 6.13. The Morgan fingerprint density at radius 3 is 2.67 bits per heavy atom. The van der Waals surface area contributed by atoms with Crippen LogP contribution in [0.25, 0.3) is 0 Å². The van der Waals surface area contributed by atoms with E-state index < -0.39 is 0 Å². The molecule has 0 radical (unpaired) electrons. The maximum atomic E-state index is 5.65. The van der Waals surface area contributed by atoms with E-state index in [1.54, 1.807) is 11.8 Å². The highest BCUT2D eigenvalue weighted by molar-refractivity contribution is 7.98. The van der Waals surface area contributed by atoms with Gasteiger partial charge in [-0.25, -0.2) is 0 Å². The first-order valence-electron chi connectivity index (χ1n) is 6.71. The molecule has 0 fully saturated rings. The van der Waals surface area contributed by atoms with Crippen molar-refractivity contribution in [2.45, 2.75) is 31.4 Å². The van der Waals surface area contributed by atoms with Gasteiger partial charge in [0.05, 0.1) is 5.69 Å². The maximum Gasteiger partial charge on any atom is 0.276 e. The minimum atomic E-state index is 0.512. The summed E-state index contributed by atoms with van der Waals surface area (Å²) in [4.78, 5) is 0. The summed E-state index contributed by atoms with van der Waals surface area (Å²) < 4.78 is 7.52. The average molecular weight is 300 g/mol. The van der Waals surface area contributed by atoms with E-state index in [0.29, 0.717) is 17.7 Å². The lowest BCUT2D eigenvalue weighted by atomic mass is 10.2. The molecular weight excluding hydrogens is 284 g/mol. The van der Waals surface area contributed by atoms with Crippen molar-refractivity contribution in [1.29, 1.82) is 0 Å². The van der Waals surface area contributed by atoms with Crippen LogP contribution in [-0.2, 0) is 12.3 Å². The summed E-state index contributed by atoms with van der Waals surface area (Å²) in [5, 5.41) is 13.1. The van der Waals surface area contributed by atoms with Crippen LogP contribution >= 0.6 is 11.8 Å². The van der Waals surface area contributed by atoms with Crippen molar-refractivity contribution in [1.82, 2.24) is 20.0 Å². The van der Waals surface area contributed by atoms with Gasteiger partial charge in [-0.05, 0) is 25.5 Å². The van der Waals surface area contributed by atoms with Gasteiger partial charge in [-0.2, -0.15) is 5.10 Å². The summed E-state index contributed by atoms with van der Waals surface area (Å²) in [7, 11) is 0. The molecule has 2 heterocycles. The number of benzene rings is 1. The van der Waals surface area contributed by atoms with Crippen molar-refractivity contribution in [3.63, 3.8) is 0 Å². The summed E-state index contributed by atoms with van der Waals surface area (Å²) >= 11 is 1.54. The molecule has 0 unspecified atom stereocenters. The second-order valence-corrected chi connectivity index (χ2v) is 5.75. The Balaban J connectivity index is 1.62. The van der Waals surface area contributed by atoms with Crippen molar-refractivity contribution in [2.24, 2.45) is 0 Å². The second-order valence-electron chi connectivity index (χ2n) is 4.82. The van der Waals surface area contributed by atoms with E-state index in [0.717, 1.165) is 17.1 Å². The highest BCUT2D eigenvalue weighted by Crippen LogP contribution is 2.21. The lowest BCUT2D eigenvalue weighted by molar-refractivity contribution is 0.396. The molecule has 1 aromatic carbocycles. The fourth-order valence-corrected chi connectivity index (χ4v) is 2.78. The summed E-state index contributed by atoms with van der Waals surface area (Å²) in [5.74, 6) is 1.40. The number of hydrogen-bond acceptors (Lipinski definition) is 5. The zero-order chi connectivity index (χ0) is 14.7. The highest BCUT2D eigenvalue weighted by atomic mass is 32.2. The number of aryl methyl sites for hydroxylation is 2. The Bertz CT molecular complexity index is 720. The average Bonchev–Trinajstić information content (AvgIpc) is 3.05. The summed E-state index contributed by atoms with van der Waals surface area (Å²) in [6.07, 6.45) is 0. The molecule has 0 aliphatic heterocycles. The molecule has 5 nitrogen and oxygen atoms in total. The van der Waals surface area contributed by atoms with Gasteiger partial charge in [0.15, 0.2) is 0 Å². The minimum Gasteiger partial charge on any atom is -0.414 e.